The van der Waals surface area contributed by atoms with Crippen molar-refractivity contribution in [2.45, 2.75) is 13.3 Å². The lowest BCUT2D eigenvalue weighted by molar-refractivity contribution is -0.142. The SMILES string of the molecule is CCOC(=O)CCNc1nn(C)c2cc(I)c(F)cc12. The van der Waals surface area contributed by atoms with E-state index in [1.54, 1.807) is 24.7 Å². The molecule has 0 bridgehead atoms. The molecule has 2 rings (SSSR count). The standard InChI is InChI=1S/C13H15FIN3O2/c1-3-20-12(19)4-5-16-13-8-6-9(14)10(15)7-11(8)18(2)17-13/h6-7H,3-5H2,1-2H3,(H,16,17). The second-order valence-corrected chi connectivity index (χ2v) is 5.40. The summed E-state index contributed by atoms with van der Waals surface area (Å²) in [6.07, 6.45) is 0.249. The molecule has 1 heterocycles. The van der Waals surface area contributed by atoms with Gasteiger partial charge in [-0.2, -0.15) is 5.10 Å². The van der Waals surface area contributed by atoms with Crippen molar-refractivity contribution in [3.63, 3.8) is 0 Å². The molecule has 0 fully saturated rings. The number of rotatable bonds is 5. The Morgan fingerprint density at radius 1 is 1.55 bits per heavy atom. The number of aryl methyl sites for hydroxylation is 1. The average molecular weight is 391 g/mol. The van der Waals surface area contributed by atoms with Gasteiger partial charge >= 0.3 is 5.97 Å². The summed E-state index contributed by atoms with van der Waals surface area (Å²) in [5.74, 6) is 0.0302. The van der Waals surface area contributed by atoms with Crippen LogP contribution in [0.15, 0.2) is 12.1 Å². The van der Waals surface area contributed by atoms with Gasteiger partial charge in [0, 0.05) is 19.0 Å². The molecule has 1 aromatic heterocycles. The molecule has 0 saturated carbocycles. The normalized spacial score (nSPS) is 10.8. The molecule has 1 aromatic carbocycles. The first-order valence-corrected chi connectivity index (χ1v) is 7.32. The summed E-state index contributed by atoms with van der Waals surface area (Å²) in [6.45, 7) is 2.54. The van der Waals surface area contributed by atoms with Gasteiger partial charge in [-0.1, -0.05) is 0 Å². The van der Waals surface area contributed by atoms with Crippen molar-refractivity contribution in [1.82, 2.24) is 9.78 Å². The van der Waals surface area contributed by atoms with Crippen molar-refractivity contribution in [2.75, 3.05) is 18.5 Å². The lowest BCUT2D eigenvalue weighted by Gasteiger charge is -2.03. The second-order valence-electron chi connectivity index (χ2n) is 4.24. The first-order valence-electron chi connectivity index (χ1n) is 6.24. The van der Waals surface area contributed by atoms with Crippen LogP contribution in [0.1, 0.15) is 13.3 Å². The first kappa shape index (κ1) is 15.0. The minimum Gasteiger partial charge on any atom is -0.466 e. The largest absolute Gasteiger partial charge is 0.466 e. The number of carbonyl (C=O) groups is 1. The van der Waals surface area contributed by atoms with E-state index in [0.717, 1.165) is 5.52 Å². The smallest absolute Gasteiger partial charge is 0.307 e. The molecule has 7 heteroatoms. The number of halogens is 2. The third-order valence-electron chi connectivity index (χ3n) is 2.82. The van der Waals surface area contributed by atoms with E-state index in [0.29, 0.717) is 27.9 Å². The summed E-state index contributed by atoms with van der Waals surface area (Å²) in [6, 6.07) is 3.20. The predicted molar refractivity (Wildman–Crippen MR) is 83.1 cm³/mol. The van der Waals surface area contributed by atoms with Crippen molar-refractivity contribution in [2.24, 2.45) is 7.05 Å². The van der Waals surface area contributed by atoms with Crippen LogP contribution < -0.4 is 5.32 Å². The van der Waals surface area contributed by atoms with Gasteiger partial charge in [0.25, 0.3) is 0 Å². The van der Waals surface area contributed by atoms with Crippen LogP contribution in [0, 0.1) is 9.39 Å². The van der Waals surface area contributed by atoms with Crippen LogP contribution in [0.25, 0.3) is 10.9 Å². The number of hydrogen-bond acceptors (Lipinski definition) is 4. The Balaban J connectivity index is 2.14. The highest BCUT2D eigenvalue weighted by molar-refractivity contribution is 14.1. The molecule has 0 spiro atoms. The Bertz CT molecular complexity index is 642. The van der Waals surface area contributed by atoms with Gasteiger partial charge in [-0.05, 0) is 41.6 Å². The zero-order valence-corrected chi connectivity index (χ0v) is 13.4. The van der Waals surface area contributed by atoms with Crippen molar-refractivity contribution in [3.8, 4) is 0 Å². The molecule has 0 unspecified atom stereocenters. The zero-order valence-electron chi connectivity index (χ0n) is 11.2. The average Bonchev–Trinajstić information content (AvgIpc) is 2.68. The van der Waals surface area contributed by atoms with Gasteiger partial charge in [-0.15, -0.1) is 0 Å². The lowest BCUT2D eigenvalue weighted by Crippen LogP contribution is -2.11. The van der Waals surface area contributed by atoms with E-state index in [2.05, 4.69) is 10.4 Å². The van der Waals surface area contributed by atoms with E-state index in [4.69, 9.17) is 4.74 Å². The van der Waals surface area contributed by atoms with Gasteiger partial charge in [0.2, 0.25) is 0 Å². The monoisotopic (exact) mass is 391 g/mol. The summed E-state index contributed by atoms with van der Waals surface area (Å²) in [5.41, 5.74) is 0.842. The van der Waals surface area contributed by atoms with Crippen LogP contribution in [0.5, 0.6) is 0 Å². The third-order valence-corrected chi connectivity index (χ3v) is 3.65. The Hall–Kier alpha value is -1.38. The number of anilines is 1. The second kappa shape index (κ2) is 6.38. The van der Waals surface area contributed by atoms with Crippen LogP contribution in [0.3, 0.4) is 0 Å². The van der Waals surface area contributed by atoms with Crippen molar-refractivity contribution in [3.05, 3.63) is 21.5 Å². The Kier molecular flexibility index (Phi) is 4.79. The molecular formula is C13H15FIN3O2. The van der Waals surface area contributed by atoms with E-state index in [1.807, 2.05) is 22.6 Å². The van der Waals surface area contributed by atoms with Crippen molar-refractivity contribution < 1.29 is 13.9 Å². The molecule has 0 radical (unpaired) electrons. The molecule has 1 N–H and O–H groups in total. The van der Waals surface area contributed by atoms with Crippen molar-refractivity contribution in [1.29, 1.82) is 0 Å². The van der Waals surface area contributed by atoms with Crippen molar-refractivity contribution >= 4 is 45.3 Å². The fourth-order valence-corrected chi connectivity index (χ4v) is 2.35. The summed E-state index contributed by atoms with van der Waals surface area (Å²) in [7, 11) is 1.80. The number of hydrogen-bond donors (Lipinski definition) is 1. The maximum atomic E-state index is 13.6. The quantitative estimate of drug-likeness (QED) is 0.629. The third kappa shape index (κ3) is 3.20. The number of ether oxygens (including phenoxy) is 1. The number of benzene rings is 1. The van der Waals surface area contributed by atoms with Gasteiger partial charge in [0.15, 0.2) is 5.82 Å². The number of aromatic nitrogens is 2. The first-order chi connectivity index (χ1) is 9.52. The van der Waals surface area contributed by atoms with Crippen LogP contribution in [-0.2, 0) is 16.6 Å². The molecule has 0 aliphatic rings. The molecule has 20 heavy (non-hydrogen) atoms. The number of fused-ring (bicyclic) bond motifs is 1. The van der Waals surface area contributed by atoms with Crippen LogP contribution in [0.2, 0.25) is 0 Å². The van der Waals surface area contributed by atoms with Crippen LogP contribution in [-0.4, -0.2) is 28.9 Å². The summed E-state index contributed by atoms with van der Waals surface area (Å²) in [4.78, 5) is 11.3. The summed E-state index contributed by atoms with van der Waals surface area (Å²) in [5, 5.41) is 8.04. The molecule has 0 aliphatic heterocycles. The number of carbonyl (C=O) groups excluding carboxylic acids is 1. The molecule has 2 aromatic rings. The molecule has 0 aliphatic carbocycles. The molecule has 5 nitrogen and oxygen atoms in total. The lowest BCUT2D eigenvalue weighted by atomic mass is 10.2. The highest BCUT2D eigenvalue weighted by atomic mass is 127. The highest BCUT2D eigenvalue weighted by Crippen LogP contribution is 2.26. The summed E-state index contributed by atoms with van der Waals surface area (Å²) >= 11 is 1.95. The van der Waals surface area contributed by atoms with Crippen LogP contribution >= 0.6 is 22.6 Å². The number of esters is 1. The number of nitrogens with one attached hydrogen (secondary N) is 1. The molecular weight excluding hydrogens is 376 g/mol. The molecule has 108 valence electrons. The van der Waals surface area contributed by atoms with E-state index in [1.165, 1.54) is 6.07 Å². The Morgan fingerprint density at radius 2 is 2.30 bits per heavy atom. The molecule has 0 atom stereocenters. The minimum atomic E-state index is -0.278. The zero-order chi connectivity index (χ0) is 14.7. The van der Waals surface area contributed by atoms with E-state index in [9.17, 15) is 9.18 Å². The Morgan fingerprint density at radius 3 is 3.00 bits per heavy atom. The maximum Gasteiger partial charge on any atom is 0.307 e. The minimum absolute atomic E-state index is 0.249. The topological polar surface area (TPSA) is 56.1 Å². The van der Waals surface area contributed by atoms with E-state index < -0.39 is 0 Å². The predicted octanol–water partition coefficient (Wildman–Crippen LogP) is 2.68. The highest BCUT2D eigenvalue weighted by Gasteiger charge is 2.12. The van der Waals surface area contributed by atoms with Gasteiger partial charge < -0.3 is 10.1 Å². The maximum absolute atomic E-state index is 13.6. The number of nitrogens with zero attached hydrogens (tertiary/aromatic N) is 2. The van der Waals surface area contributed by atoms with Gasteiger partial charge in [0.05, 0.1) is 22.1 Å². The fraction of sp³-hybridized carbons (Fsp3) is 0.385. The van der Waals surface area contributed by atoms with Gasteiger partial charge in [-0.25, -0.2) is 4.39 Å². The Labute approximate surface area is 129 Å². The van der Waals surface area contributed by atoms with Gasteiger partial charge in [-0.3, -0.25) is 9.48 Å². The van der Waals surface area contributed by atoms with E-state index >= 15 is 0 Å². The fourth-order valence-electron chi connectivity index (χ4n) is 1.90. The molecule has 0 saturated heterocycles. The van der Waals surface area contributed by atoms with Crippen LogP contribution in [0.4, 0.5) is 10.2 Å². The molecule has 0 amide bonds. The van der Waals surface area contributed by atoms with Gasteiger partial charge in [0.1, 0.15) is 5.82 Å². The van der Waals surface area contributed by atoms with E-state index in [-0.39, 0.29) is 18.2 Å². The summed E-state index contributed by atoms with van der Waals surface area (Å²) < 4.78 is 20.7.